The Balaban J connectivity index is 2.25. The molecule has 5 nitrogen and oxygen atoms in total. The van der Waals surface area contributed by atoms with E-state index in [1.165, 1.54) is 17.1 Å². The lowest BCUT2D eigenvalue weighted by atomic mass is 10.1. The van der Waals surface area contributed by atoms with E-state index in [2.05, 4.69) is 5.10 Å². The smallest absolute Gasteiger partial charge is 0.246 e. The molecule has 2 rings (SSSR count). The molecule has 1 heterocycles. The van der Waals surface area contributed by atoms with Gasteiger partial charge in [0.25, 0.3) is 0 Å². The number of halogens is 1. The Bertz CT molecular complexity index is 592. The SMILES string of the molecule is Cc1nn(CCCl)c(C)c1S(=O)(=O)N(C)CC1CCCC1. The Hall–Kier alpha value is -0.590. The summed E-state index contributed by atoms with van der Waals surface area (Å²) < 4.78 is 28.8. The van der Waals surface area contributed by atoms with Gasteiger partial charge in [-0.1, -0.05) is 12.8 Å². The number of alkyl halides is 1. The molecule has 0 bridgehead atoms. The van der Waals surface area contributed by atoms with Crippen molar-refractivity contribution in [1.82, 2.24) is 14.1 Å². The van der Waals surface area contributed by atoms with Crippen LogP contribution in [0.4, 0.5) is 0 Å². The second-order valence-electron chi connectivity index (χ2n) is 5.85. The van der Waals surface area contributed by atoms with Gasteiger partial charge in [0.2, 0.25) is 10.0 Å². The third kappa shape index (κ3) is 3.43. The monoisotopic (exact) mass is 333 g/mol. The minimum Gasteiger partial charge on any atom is -0.267 e. The summed E-state index contributed by atoms with van der Waals surface area (Å²) in [7, 11) is -1.81. The second-order valence-corrected chi connectivity index (χ2v) is 8.21. The van der Waals surface area contributed by atoms with Gasteiger partial charge in [-0.2, -0.15) is 5.10 Å². The highest BCUT2D eigenvalue weighted by atomic mass is 35.5. The van der Waals surface area contributed by atoms with E-state index in [4.69, 9.17) is 11.6 Å². The molecule has 0 saturated heterocycles. The molecular weight excluding hydrogens is 310 g/mol. The van der Waals surface area contributed by atoms with Crippen LogP contribution in [-0.2, 0) is 16.6 Å². The Kier molecular flexibility index (Phi) is 5.33. The van der Waals surface area contributed by atoms with E-state index in [0.717, 1.165) is 12.8 Å². The molecule has 0 aliphatic heterocycles. The van der Waals surface area contributed by atoms with Crippen LogP contribution in [-0.4, -0.2) is 42.0 Å². The zero-order valence-electron chi connectivity index (χ0n) is 13.0. The summed E-state index contributed by atoms with van der Waals surface area (Å²) in [5.74, 6) is 0.905. The van der Waals surface area contributed by atoms with Crippen LogP contribution < -0.4 is 0 Å². The molecule has 1 fully saturated rings. The quantitative estimate of drug-likeness (QED) is 0.752. The molecule has 1 saturated carbocycles. The van der Waals surface area contributed by atoms with Crippen LogP contribution in [0, 0.1) is 19.8 Å². The molecular formula is C14H24ClN3O2S. The van der Waals surface area contributed by atoms with Gasteiger partial charge >= 0.3 is 0 Å². The average molecular weight is 334 g/mol. The number of rotatable bonds is 6. The predicted octanol–water partition coefficient (Wildman–Crippen LogP) is 2.55. The average Bonchev–Trinajstić information content (AvgIpc) is 2.99. The first-order valence-corrected chi connectivity index (χ1v) is 9.41. The summed E-state index contributed by atoms with van der Waals surface area (Å²) >= 11 is 5.74. The molecule has 1 aromatic rings. The first kappa shape index (κ1) is 16.8. The van der Waals surface area contributed by atoms with Crippen molar-refractivity contribution in [2.45, 2.75) is 51.0 Å². The number of hydrogen-bond acceptors (Lipinski definition) is 3. The summed E-state index contributed by atoms with van der Waals surface area (Å²) in [6, 6.07) is 0. The van der Waals surface area contributed by atoms with Crippen LogP contribution in [0.1, 0.15) is 37.1 Å². The molecule has 0 spiro atoms. The zero-order chi connectivity index (χ0) is 15.6. The van der Waals surface area contributed by atoms with Crippen molar-refractivity contribution >= 4 is 21.6 Å². The fourth-order valence-electron chi connectivity index (χ4n) is 3.16. The van der Waals surface area contributed by atoms with Crippen LogP contribution in [0.3, 0.4) is 0 Å². The molecule has 0 aromatic carbocycles. The molecule has 120 valence electrons. The van der Waals surface area contributed by atoms with Crippen molar-refractivity contribution in [3.05, 3.63) is 11.4 Å². The second kappa shape index (κ2) is 6.67. The molecule has 0 N–H and O–H groups in total. The van der Waals surface area contributed by atoms with E-state index < -0.39 is 10.0 Å². The predicted molar refractivity (Wildman–Crippen MR) is 84.2 cm³/mol. The lowest BCUT2D eigenvalue weighted by Crippen LogP contribution is -2.32. The van der Waals surface area contributed by atoms with Gasteiger partial charge in [-0.05, 0) is 32.6 Å². The third-order valence-corrected chi connectivity index (χ3v) is 6.52. The maximum Gasteiger partial charge on any atom is 0.246 e. The number of sulfonamides is 1. The van der Waals surface area contributed by atoms with Gasteiger partial charge in [-0.25, -0.2) is 12.7 Å². The largest absolute Gasteiger partial charge is 0.267 e. The molecule has 1 aliphatic carbocycles. The Labute approximate surface area is 132 Å². The Morgan fingerprint density at radius 2 is 1.95 bits per heavy atom. The van der Waals surface area contributed by atoms with Gasteiger partial charge in [0.05, 0.1) is 17.9 Å². The highest BCUT2D eigenvalue weighted by molar-refractivity contribution is 7.89. The van der Waals surface area contributed by atoms with E-state index in [1.54, 1.807) is 25.6 Å². The van der Waals surface area contributed by atoms with E-state index in [1.807, 2.05) is 0 Å². The summed E-state index contributed by atoms with van der Waals surface area (Å²) in [6.45, 7) is 4.66. The minimum atomic E-state index is -3.48. The summed E-state index contributed by atoms with van der Waals surface area (Å²) in [5, 5.41) is 4.31. The van der Waals surface area contributed by atoms with E-state index in [0.29, 0.717) is 41.2 Å². The van der Waals surface area contributed by atoms with Gasteiger partial charge in [0.15, 0.2) is 0 Å². The van der Waals surface area contributed by atoms with Crippen molar-refractivity contribution in [2.24, 2.45) is 5.92 Å². The molecule has 0 atom stereocenters. The molecule has 0 unspecified atom stereocenters. The van der Waals surface area contributed by atoms with Crippen molar-refractivity contribution in [3.8, 4) is 0 Å². The maximum absolute atomic E-state index is 12.8. The lowest BCUT2D eigenvalue weighted by Gasteiger charge is -2.21. The Morgan fingerprint density at radius 1 is 1.33 bits per heavy atom. The van der Waals surface area contributed by atoms with Crippen molar-refractivity contribution < 1.29 is 8.42 Å². The molecule has 0 radical (unpaired) electrons. The third-order valence-electron chi connectivity index (χ3n) is 4.27. The van der Waals surface area contributed by atoms with E-state index >= 15 is 0 Å². The van der Waals surface area contributed by atoms with Crippen LogP contribution >= 0.6 is 11.6 Å². The van der Waals surface area contributed by atoms with Gasteiger partial charge in [0.1, 0.15) is 4.90 Å². The normalized spacial score (nSPS) is 17.0. The molecule has 0 amide bonds. The van der Waals surface area contributed by atoms with Gasteiger partial charge in [-0.15, -0.1) is 11.6 Å². The van der Waals surface area contributed by atoms with Gasteiger partial charge in [-0.3, -0.25) is 4.68 Å². The zero-order valence-corrected chi connectivity index (χ0v) is 14.5. The standard InChI is InChI=1S/C14H24ClN3O2S/c1-11-14(12(2)18(16-11)9-8-15)21(19,20)17(3)10-13-6-4-5-7-13/h13H,4-10H2,1-3H3. The first-order valence-electron chi connectivity index (χ1n) is 7.44. The summed E-state index contributed by atoms with van der Waals surface area (Å²) in [5.41, 5.74) is 1.22. The van der Waals surface area contributed by atoms with Crippen LogP contribution in [0.15, 0.2) is 4.90 Å². The molecule has 1 aliphatic rings. The van der Waals surface area contributed by atoms with Gasteiger partial charge in [0, 0.05) is 19.5 Å². The maximum atomic E-state index is 12.8. The fraction of sp³-hybridized carbons (Fsp3) is 0.786. The molecule has 1 aromatic heterocycles. The van der Waals surface area contributed by atoms with Crippen molar-refractivity contribution in [3.63, 3.8) is 0 Å². The van der Waals surface area contributed by atoms with Crippen molar-refractivity contribution in [1.29, 1.82) is 0 Å². The molecule has 7 heteroatoms. The number of nitrogens with zero attached hydrogens (tertiary/aromatic N) is 3. The number of aromatic nitrogens is 2. The highest BCUT2D eigenvalue weighted by Gasteiger charge is 2.30. The van der Waals surface area contributed by atoms with Crippen LogP contribution in [0.5, 0.6) is 0 Å². The number of aryl methyl sites for hydroxylation is 2. The fourth-order valence-corrected chi connectivity index (χ4v) is 4.93. The topological polar surface area (TPSA) is 55.2 Å². The first-order chi connectivity index (χ1) is 9.87. The summed E-state index contributed by atoms with van der Waals surface area (Å²) in [4.78, 5) is 0.341. The van der Waals surface area contributed by atoms with Crippen LogP contribution in [0.25, 0.3) is 0 Å². The molecule has 21 heavy (non-hydrogen) atoms. The van der Waals surface area contributed by atoms with E-state index in [-0.39, 0.29) is 0 Å². The Morgan fingerprint density at radius 3 is 2.52 bits per heavy atom. The highest BCUT2D eigenvalue weighted by Crippen LogP contribution is 2.28. The van der Waals surface area contributed by atoms with Crippen molar-refractivity contribution in [2.75, 3.05) is 19.5 Å². The van der Waals surface area contributed by atoms with Gasteiger partial charge < -0.3 is 0 Å². The lowest BCUT2D eigenvalue weighted by molar-refractivity contribution is 0.387. The van der Waals surface area contributed by atoms with E-state index in [9.17, 15) is 8.42 Å². The minimum absolute atomic E-state index is 0.341. The van der Waals surface area contributed by atoms with Crippen LogP contribution in [0.2, 0.25) is 0 Å². The number of hydrogen-bond donors (Lipinski definition) is 0. The summed E-state index contributed by atoms with van der Waals surface area (Å²) in [6.07, 6.45) is 4.68.